The average molecular weight is 481 g/mol. The van der Waals surface area contributed by atoms with E-state index in [1.165, 1.54) is 9.80 Å². The summed E-state index contributed by atoms with van der Waals surface area (Å²) >= 11 is 0. The number of para-hydroxylation sites is 2. The summed E-state index contributed by atoms with van der Waals surface area (Å²) in [5, 5.41) is 5.68. The van der Waals surface area contributed by atoms with E-state index in [1.807, 2.05) is 0 Å². The van der Waals surface area contributed by atoms with Crippen LogP contribution in [0.15, 0.2) is 48.5 Å². The Labute approximate surface area is 207 Å². The van der Waals surface area contributed by atoms with E-state index in [2.05, 4.69) is 10.6 Å². The first-order valence-electron chi connectivity index (χ1n) is 11.9. The number of hydrogen-bond acceptors (Lipinski definition) is 4. The molecule has 2 N–H and O–H groups in total. The summed E-state index contributed by atoms with van der Waals surface area (Å²) < 4.78 is 0. The Morgan fingerprint density at radius 1 is 0.571 bits per heavy atom. The normalized spacial score (nSPS) is 10.4. The predicted octanol–water partition coefficient (Wildman–Crippen LogP) is 4.40. The molecule has 0 atom stereocenters. The van der Waals surface area contributed by atoms with Crippen molar-refractivity contribution in [1.29, 1.82) is 0 Å². The third-order valence-electron chi connectivity index (χ3n) is 5.48. The summed E-state index contributed by atoms with van der Waals surface area (Å²) in [6, 6.07) is 14.0. The predicted molar refractivity (Wildman–Crippen MR) is 138 cm³/mol. The van der Waals surface area contributed by atoms with Crippen LogP contribution in [-0.4, -0.2) is 61.6 Å². The molecular weight excluding hydrogens is 444 g/mol. The van der Waals surface area contributed by atoms with Crippen LogP contribution in [0.2, 0.25) is 0 Å². The molecule has 35 heavy (non-hydrogen) atoms. The van der Waals surface area contributed by atoms with Crippen molar-refractivity contribution in [2.75, 3.05) is 38.8 Å². The molecule has 0 fully saturated rings. The van der Waals surface area contributed by atoms with Crippen molar-refractivity contribution >= 4 is 35.0 Å². The van der Waals surface area contributed by atoms with Crippen LogP contribution in [0.3, 0.4) is 0 Å². The Morgan fingerprint density at radius 3 is 1.29 bits per heavy atom. The monoisotopic (exact) mass is 480 g/mol. The second-order valence-corrected chi connectivity index (χ2v) is 8.85. The second-order valence-electron chi connectivity index (χ2n) is 8.85. The largest absolute Gasteiger partial charge is 0.345 e. The third-order valence-corrected chi connectivity index (χ3v) is 5.48. The zero-order chi connectivity index (χ0) is 25.8. The Kier molecular flexibility index (Phi) is 10.9. The molecule has 0 aliphatic rings. The van der Waals surface area contributed by atoms with Gasteiger partial charge in [0.2, 0.25) is 11.8 Å². The van der Waals surface area contributed by atoms with Crippen molar-refractivity contribution in [3.63, 3.8) is 0 Å². The molecule has 0 spiro atoms. The lowest BCUT2D eigenvalue weighted by Crippen LogP contribution is -2.24. The molecule has 4 amide bonds. The van der Waals surface area contributed by atoms with Gasteiger partial charge in [-0.1, -0.05) is 43.5 Å². The van der Waals surface area contributed by atoms with Crippen LogP contribution in [-0.2, 0) is 9.59 Å². The van der Waals surface area contributed by atoms with Gasteiger partial charge in [0, 0.05) is 41.0 Å². The van der Waals surface area contributed by atoms with E-state index < -0.39 is 0 Å². The van der Waals surface area contributed by atoms with Gasteiger partial charge in [0.15, 0.2) is 0 Å². The molecule has 0 saturated heterocycles. The highest BCUT2D eigenvalue weighted by atomic mass is 16.2. The quantitative estimate of drug-likeness (QED) is 0.440. The molecule has 0 aliphatic heterocycles. The molecule has 0 heterocycles. The number of nitrogens with one attached hydrogen (secondary N) is 2. The van der Waals surface area contributed by atoms with Crippen LogP contribution in [0.4, 0.5) is 11.4 Å². The maximum atomic E-state index is 12.3. The maximum Gasteiger partial charge on any atom is 0.255 e. The fourth-order valence-corrected chi connectivity index (χ4v) is 3.57. The summed E-state index contributed by atoms with van der Waals surface area (Å²) in [5.74, 6) is -0.543. The minimum atomic E-state index is -0.155. The van der Waals surface area contributed by atoms with Crippen LogP contribution in [0.1, 0.15) is 65.7 Å². The van der Waals surface area contributed by atoms with E-state index in [0.29, 0.717) is 35.3 Å². The minimum absolute atomic E-state index is 0.116. The van der Waals surface area contributed by atoms with Gasteiger partial charge < -0.3 is 20.4 Å². The number of nitrogens with zero attached hydrogens (tertiary/aromatic N) is 2. The van der Waals surface area contributed by atoms with Crippen molar-refractivity contribution in [3.05, 3.63) is 59.7 Å². The number of anilines is 2. The molecule has 8 nitrogen and oxygen atoms in total. The molecule has 0 aromatic heterocycles. The molecular formula is C27H36N4O4. The van der Waals surface area contributed by atoms with Crippen LogP contribution >= 0.6 is 0 Å². The lowest BCUT2D eigenvalue weighted by Gasteiger charge is -2.14. The van der Waals surface area contributed by atoms with Crippen LogP contribution < -0.4 is 10.6 Å². The number of benzene rings is 2. The van der Waals surface area contributed by atoms with Crippen molar-refractivity contribution < 1.29 is 19.2 Å². The Hall–Kier alpha value is -3.68. The highest BCUT2D eigenvalue weighted by Gasteiger charge is 2.15. The van der Waals surface area contributed by atoms with Crippen LogP contribution in [0.25, 0.3) is 0 Å². The van der Waals surface area contributed by atoms with Gasteiger partial charge in [-0.05, 0) is 37.1 Å². The van der Waals surface area contributed by atoms with E-state index in [1.54, 1.807) is 76.7 Å². The summed E-state index contributed by atoms with van der Waals surface area (Å²) in [6.45, 7) is 0. The maximum absolute atomic E-state index is 12.3. The smallest absolute Gasteiger partial charge is 0.255 e. The lowest BCUT2D eigenvalue weighted by molar-refractivity contribution is -0.117. The molecule has 2 rings (SSSR count). The molecule has 2 aromatic carbocycles. The Balaban J connectivity index is 1.66. The highest BCUT2D eigenvalue weighted by Crippen LogP contribution is 2.19. The number of hydrogen-bond donors (Lipinski definition) is 2. The lowest BCUT2D eigenvalue weighted by atomic mass is 10.1. The first-order valence-corrected chi connectivity index (χ1v) is 11.9. The molecule has 8 heteroatoms. The van der Waals surface area contributed by atoms with E-state index in [0.717, 1.165) is 32.1 Å². The van der Waals surface area contributed by atoms with Gasteiger partial charge in [-0.25, -0.2) is 0 Å². The summed E-state index contributed by atoms with van der Waals surface area (Å²) in [4.78, 5) is 52.1. The van der Waals surface area contributed by atoms with Crippen molar-refractivity contribution in [3.8, 4) is 0 Å². The zero-order valence-electron chi connectivity index (χ0n) is 21.1. The fraction of sp³-hybridized carbons (Fsp3) is 0.407. The number of carbonyl (C=O) groups is 4. The Bertz CT molecular complexity index is 952. The number of carbonyl (C=O) groups excluding carboxylic acids is 4. The van der Waals surface area contributed by atoms with Crippen molar-refractivity contribution in [1.82, 2.24) is 9.80 Å². The van der Waals surface area contributed by atoms with E-state index in [9.17, 15) is 19.2 Å². The van der Waals surface area contributed by atoms with Crippen LogP contribution in [0, 0.1) is 0 Å². The number of unbranched alkanes of at least 4 members (excludes halogenated alkanes) is 4. The van der Waals surface area contributed by atoms with Gasteiger partial charge in [-0.2, -0.15) is 0 Å². The molecule has 0 saturated carbocycles. The standard InChI is InChI=1S/C27H36N4O4/c1-30(2)26(34)20-14-10-12-16-22(20)28-24(32)18-8-6-5-7-9-19-25(33)29-23-17-13-11-15-21(23)27(35)31(3)4/h10-17H,5-9,18-19H2,1-4H3,(H,28,32)(H,29,33). The second kappa shape index (κ2) is 13.9. The zero-order valence-corrected chi connectivity index (χ0v) is 21.1. The Morgan fingerprint density at radius 2 is 0.914 bits per heavy atom. The molecule has 188 valence electrons. The topological polar surface area (TPSA) is 98.8 Å². The first kappa shape index (κ1) is 27.6. The summed E-state index contributed by atoms with van der Waals surface area (Å²) in [5.41, 5.74) is 1.99. The average Bonchev–Trinajstić information content (AvgIpc) is 2.83. The van der Waals surface area contributed by atoms with Gasteiger partial charge in [0.1, 0.15) is 0 Å². The van der Waals surface area contributed by atoms with Crippen molar-refractivity contribution in [2.45, 2.75) is 44.9 Å². The van der Waals surface area contributed by atoms with E-state index in [-0.39, 0.29) is 23.6 Å². The van der Waals surface area contributed by atoms with E-state index in [4.69, 9.17) is 0 Å². The first-order chi connectivity index (χ1) is 16.7. The number of amides is 4. The molecule has 0 aliphatic carbocycles. The minimum Gasteiger partial charge on any atom is -0.345 e. The van der Waals surface area contributed by atoms with Gasteiger partial charge in [0.05, 0.1) is 22.5 Å². The highest BCUT2D eigenvalue weighted by molar-refractivity contribution is 6.04. The summed E-state index contributed by atoms with van der Waals surface area (Å²) in [6.07, 6.45) is 4.92. The van der Waals surface area contributed by atoms with Gasteiger partial charge in [0.25, 0.3) is 11.8 Å². The van der Waals surface area contributed by atoms with E-state index >= 15 is 0 Å². The molecule has 0 radical (unpaired) electrons. The number of rotatable bonds is 12. The van der Waals surface area contributed by atoms with Crippen molar-refractivity contribution in [2.24, 2.45) is 0 Å². The SMILES string of the molecule is CN(C)C(=O)c1ccccc1NC(=O)CCCCCCCC(=O)Nc1ccccc1C(=O)N(C)C. The molecule has 0 bridgehead atoms. The molecule has 2 aromatic rings. The van der Waals surface area contributed by atoms with Gasteiger partial charge in [-0.15, -0.1) is 0 Å². The van der Waals surface area contributed by atoms with Gasteiger partial charge >= 0.3 is 0 Å². The third kappa shape index (κ3) is 8.88. The summed E-state index contributed by atoms with van der Waals surface area (Å²) in [7, 11) is 6.70. The van der Waals surface area contributed by atoms with Gasteiger partial charge in [-0.3, -0.25) is 19.2 Å². The fourth-order valence-electron chi connectivity index (χ4n) is 3.57. The van der Waals surface area contributed by atoms with Crippen LogP contribution in [0.5, 0.6) is 0 Å². The molecule has 0 unspecified atom stereocenters.